The lowest BCUT2D eigenvalue weighted by Gasteiger charge is -2.41. The van der Waals surface area contributed by atoms with E-state index in [1.54, 1.807) is 24.1 Å². The molecule has 2 aromatic heterocycles. The van der Waals surface area contributed by atoms with Gasteiger partial charge in [-0.15, -0.1) is 0 Å². The average Bonchev–Trinajstić information content (AvgIpc) is 4.23. The van der Waals surface area contributed by atoms with Crippen molar-refractivity contribution in [2.45, 2.75) is 82.7 Å². The Labute approximate surface area is 357 Å². The smallest absolute Gasteiger partial charge is 0.308 e. The summed E-state index contributed by atoms with van der Waals surface area (Å²) in [5.74, 6) is -0.653. The van der Waals surface area contributed by atoms with Crippen LogP contribution in [-0.4, -0.2) is 118 Å². The highest BCUT2D eigenvalue weighted by Crippen LogP contribution is 2.46. The van der Waals surface area contributed by atoms with Gasteiger partial charge in [-0.3, -0.25) is 39.1 Å². The fourth-order valence-corrected chi connectivity index (χ4v) is 8.86. The molecule has 326 valence electrons. The van der Waals surface area contributed by atoms with Gasteiger partial charge in [-0.2, -0.15) is 13.2 Å². The summed E-state index contributed by atoms with van der Waals surface area (Å²) >= 11 is 0. The Morgan fingerprint density at radius 2 is 1.11 bits per heavy atom. The molecule has 4 aromatic rings. The van der Waals surface area contributed by atoms with E-state index < -0.39 is 17.6 Å². The quantitative estimate of drug-likeness (QED) is 0.121. The molecule has 4 fully saturated rings. The van der Waals surface area contributed by atoms with Gasteiger partial charge in [0.2, 0.25) is 11.8 Å². The van der Waals surface area contributed by atoms with E-state index >= 15 is 0 Å². The Morgan fingerprint density at radius 3 is 1.56 bits per heavy atom. The Balaban J connectivity index is 0.000000185. The van der Waals surface area contributed by atoms with E-state index in [4.69, 9.17) is 0 Å². The summed E-state index contributed by atoms with van der Waals surface area (Å²) in [5.41, 5.74) is 1.39. The third kappa shape index (κ3) is 11.0. The number of nitrogens with zero attached hydrogens (tertiary/aromatic N) is 8. The fraction of sp³-hybridized carbons (Fsp3) is 0.489. The van der Waals surface area contributed by atoms with Crippen LogP contribution in [0.2, 0.25) is 0 Å². The van der Waals surface area contributed by atoms with Crippen molar-refractivity contribution in [2.24, 2.45) is 0 Å². The number of hydrogen-bond acceptors (Lipinski definition) is 8. The maximum Gasteiger partial charge on any atom is 0.418 e. The van der Waals surface area contributed by atoms with Gasteiger partial charge >= 0.3 is 6.18 Å². The number of pyridine rings is 2. The molecule has 14 heteroatoms. The third-order valence-electron chi connectivity index (χ3n) is 12.7. The van der Waals surface area contributed by atoms with Crippen LogP contribution < -0.4 is 9.80 Å². The van der Waals surface area contributed by atoms with E-state index in [1.807, 2.05) is 31.2 Å². The van der Waals surface area contributed by atoms with E-state index in [0.717, 1.165) is 103 Å². The Morgan fingerprint density at radius 1 is 0.639 bits per heavy atom. The van der Waals surface area contributed by atoms with Crippen LogP contribution in [0.5, 0.6) is 0 Å². The van der Waals surface area contributed by atoms with E-state index in [-0.39, 0.29) is 47.4 Å². The molecule has 2 amide bonds. The van der Waals surface area contributed by atoms with Gasteiger partial charge in [-0.25, -0.2) is 9.37 Å². The Hall–Kier alpha value is -4.76. The van der Waals surface area contributed by atoms with Crippen molar-refractivity contribution in [3.8, 4) is 0 Å². The van der Waals surface area contributed by atoms with Crippen LogP contribution in [0.3, 0.4) is 0 Å². The molecule has 0 N–H and O–H groups in total. The highest BCUT2D eigenvalue weighted by molar-refractivity contribution is 5.94. The summed E-state index contributed by atoms with van der Waals surface area (Å²) in [6, 6.07) is 24.8. The number of amides is 2. The van der Waals surface area contributed by atoms with E-state index in [2.05, 4.69) is 66.0 Å². The van der Waals surface area contributed by atoms with Crippen molar-refractivity contribution >= 4 is 23.3 Å². The molecule has 2 saturated heterocycles. The molecule has 0 radical (unpaired) electrons. The molecular weight excluding hydrogens is 785 g/mol. The molecule has 0 spiro atoms. The van der Waals surface area contributed by atoms with Gasteiger partial charge in [0, 0.05) is 115 Å². The SMILES string of the molecule is CCC(=O)N(CC1(N2CCN(Cc3ccccc3)CC2)CC1)c1cnccc1C(F)(F)F.CCC(=O)N(CC1(N2CCN(Cc3ccccc3)CC2)CC1)c1ncccc1F. The number of carbonyl (C=O) groups is 2. The topological polar surface area (TPSA) is 79.4 Å². The first-order chi connectivity index (χ1) is 29.4. The number of carbonyl (C=O) groups excluding carboxylic acids is 2. The fourth-order valence-electron chi connectivity index (χ4n) is 8.86. The largest absolute Gasteiger partial charge is 0.418 e. The van der Waals surface area contributed by atoms with Crippen molar-refractivity contribution in [2.75, 3.05) is 75.2 Å². The summed E-state index contributed by atoms with van der Waals surface area (Å²) in [7, 11) is 0. The second kappa shape index (κ2) is 19.5. The lowest BCUT2D eigenvalue weighted by molar-refractivity contribution is -0.137. The van der Waals surface area contributed by atoms with Crippen molar-refractivity contribution in [3.63, 3.8) is 0 Å². The van der Waals surface area contributed by atoms with Crippen molar-refractivity contribution in [3.05, 3.63) is 120 Å². The lowest BCUT2D eigenvalue weighted by atomic mass is 10.1. The monoisotopic (exact) mass is 842 g/mol. The average molecular weight is 843 g/mol. The Kier molecular flexibility index (Phi) is 14.2. The second-order valence-electron chi connectivity index (χ2n) is 16.8. The summed E-state index contributed by atoms with van der Waals surface area (Å²) < 4.78 is 55.2. The number of anilines is 2. The van der Waals surface area contributed by atoms with Gasteiger partial charge in [0.05, 0.1) is 17.4 Å². The second-order valence-corrected chi connectivity index (χ2v) is 16.8. The van der Waals surface area contributed by atoms with Gasteiger partial charge in [-0.05, 0) is 55.0 Å². The van der Waals surface area contributed by atoms with Crippen LogP contribution in [0.15, 0.2) is 97.5 Å². The van der Waals surface area contributed by atoms with E-state index in [9.17, 15) is 27.2 Å². The van der Waals surface area contributed by atoms with Crippen LogP contribution in [0.25, 0.3) is 0 Å². The minimum absolute atomic E-state index is 0.0341. The predicted octanol–water partition coefficient (Wildman–Crippen LogP) is 7.51. The minimum Gasteiger partial charge on any atom is -0.308 e. The zero-order valence-corrected chi connectivity index (χ0v) is 35.4. The molecule has 0 bridgehead atoms. The number of rotatable bonds is 14. The summed E-state index contributed by atoms with van der Waals surface area (Å²) in [6.45, 7) is 13.6. The van der Waals surface area contributed by atoms with Gasteiger partial charge in [0.1, 0.15) is 0 Å². The molecule has 61 heavy (non-hydrogen) atoms. The number of piperazine rings is 2. The van der Waals surface area contributed by atoms with Crippen molar-refractivity contribution in [1.82, 2.24) is 29.6 Å². The number of alkyl halides is 3. The first-order valence-corrected chi connectivity index (χ1v) is 21.7. The highest BCUT2D eigenvalue weighted by Gasteiger charge is 2.52. The van der Waals surface area contributed by atoms with Crippen molar-refractivity contribution in [1.29, 1.82) is 0 Å². The lowest BCUT2D eigenvalue weighted by Crippen LogP contribution is -2.55. The van der Waals surface area contributed by atoms with Crippen molar-refractivity contribution < 1.29 is 27.2 Å². The predicted molar refractivity (Wildman–Crippen MR) is 229 cm³/mol. The summed E-state index contributed by atoms with van der Waals surface area (Å²) in [5, 5.41) is 0. The zero-order valence-electron chi connectivity index (χ0n) is 35.4. The summed E-state index contributed by atoms with van der Waals surface area (Å²) in [6.07, 6.45) is 3.68. The van der Waals surface area contributed by atoms with Crippen LogP contribution in [0, 0.1) is 5.82 Å². The highest BCUT2D eigenvalue weighted by atomic mass is 19.4. The molecule has 8 rings (SSSR count). The molecule has 2 aromatic carbocycles. The first kappa shape index (κ1) is 44.3. The molecular formula is C47H58F4N8O2. The maximum atomic E-state index is 14.4. The van der Waals surface area contributed by atoms with Crippen LogP contribution in [0.4, 0.5) is 29.1 Å². The van der Waals surface area contributed by atoms with Crippen LogP contribution in [-0.2, 0) is 28.9 Å². The number of hydrogen-bond donors (Lipinski definition) is 0. The normalized spacial score (nSPS) is 19.0. The van der Waals surface area contributed by atoms with E-state index in [0.29, 0.717) is 13.0 Å². The van der Waals surface area contributed by atoms with Gasteiger partial charge in [-0.1, -0.05) is 74.5 Å². The number of aromatic nitrogens is 2. The maximum absolute atomic E-state index is 14.4. The van der Waals surface area contributed by atoms with Gasteiger partial charge in [0.25, 0.3) is 0 Å². The number of benzene rings is 2. The first-order valence-electron chi connectivity index (χ1n) is 21.7. The Bertz CT molecular complexity index is 2050. The molecule has 0 atom stereocenters. The molecule has 0 unspecified atom stereocenters. The van der Waals surface area contributed by atoms with Gasteiger partial charge < -0.3 is 4.90 Å². The van der Waals surface area contributed by atoms with E-state index in [1.165, 1.54) is 28.3 Å². The zero-order chi connectivity index (χ0) is 43.0. The summed E-state index contributed by atoms with van der Waals surface area (Å²) in [4.78, 5) is 46.0. The third-order valence-corrected chi connectivity index (χ3v) is 12.7. The molecule has 4 aliphatic rings. The van der Waals surface area contributed by atoms with Crippen LogP contribution >= 0.6 is 0 Å². The molecule has 2 aliphatic heterocycles. The van der Waals surface area contributed by atoms with Crippen LogP contribution in [0.1, 0.15) is 69.1 Å². The molecule has 4 heterocycles. The minimum atomic E-state index is -4.54. The van der Waals surface area contributed by atoms with Gasteiger partial charge in [0.15, 0.2) is 11.6 Å². The molecule has 2 saturated carbocycles. The number of halogens is 4. The standard InChI is InChI=1S/C24H29F3N4O.C23H29FN4O/c1-2-22(32)31(21-16-28-11-8-20(21)24(25,26)27)18-23(9-10-23)30-14-12-29(13-15-30)17-19-6-4-3-5-7-19;1-2-21(29)28(22-20(24)9-6-12-25-22)18-23(10-11-23)27-15-13-26(14-16-27)17-19-7-4-3-5-8-19/h3-8,11,16H,2,9-10,12-15,17-18H2,1H3;3-9,12H,2,10-11,13-18H2,1H3. The molecule has 2 aliphatic carbocycles. The molecule has 10 nitrogen and oxygen atoms in total.